The fourth-order valence-electron chi connectivity index (χ4n) is 2.18. The first-order valence-electron chi connectivity index (χ1n) is 6.69. The number of para-hydroxylation sites is 2. The molecule has 2 N–H and O–H groups in total. The molecule has 0 bridgehead atoms. The van der Waals surface area contributed by atoms with Crippen molar-refractivity contribution in [2.45, 2.75) is 0 Å². The average molecular weight is 294 g/mol. The van der Waals surface area contributed by atoms with Crippen LogP contribution >= 0.6 is 0 Å². The molecule has 1 amide bonds. The molecule has 0 aliphatic rings. The zero-order valence-electron chi connectivity index (χ0n) is 11.9. The van der Waals surface area contributed by atoms with E-state index in [1.807, 2.05) is 18.2 Å². The summed E-state index contributed by atoms with van der Waals surface area (Å²) in [6.45, 7) is 0. The predicted molar refractivity (Wildman–Crippen MR) is 83.5 cm³/mol. The molecule has 0 aliphatic heterocycles. The van der Waals surface area contributed by atoms with Gasteiger partial charge in [-0.3, -0.25) is 4.79 Å². The van der Waals surface area contributed by atoms with E-state index in [0.29, 0.717) is 22.6 Å². The predicted octanol–water partition coefficient (Wildman–Crippen LogP) is 2.76. The lowest BCUT2D eigenvalue weighted by Crippen LogP contribution is -2.09. The summed E-state index contributed by atoms with van der Waals surface area (Å²) in [7, 11) is 1.50. The van der Waals surface area contributed by atoms with E-state index in [-0.39, 0.29) is 5.55 Å². The van der Waals surface area contributed by atoms with Crippen LogP contribution in [0, 0.1) is 0 Å². The van der Waals surface area contributed by atoms with E-state index in [9.17, 15) is 4.79 Å². The molecule has 0 unspecified atom stereocenters. The van der Waals surface area contributed by atoms with Crippen molar-refractivity contribution in [1.29, 1.82) is 0 Å². The maximum absolute atomic E-state index is 12.3. The van der Waals surface area contributed by atoms with E-state index < -0.39 is 5.91 Å². The largest absolute Gasteiger partial charge is 0.496 e. The Morgan fingerprint density at radius 1 is 1.14 bits per heavy atom. The third kappa shape index (κ3) is 2.56. The van der Waals surface area contributed by atoms with E-state index in [4.69, 9.17) is 14.9 Å². The first kappa shape index (κ1) is 13.9. The standard InChI is InChI=1S/C17H14N2O3/c1-21-14-8-4-3-7-12(14)17(20)19-16-10-13(18)11-6-2-5-9-15(11)22-16/h2-10H,18H2,1H3. The van der Waals surface area contributed by atoms with Crippen molar-refractivity contribution in [2.75, 3.05) is 12.8 Å². The van der Waals surface area contributed by atoms with Crippen molar-refractivity contribution in [1.82, 2.24) is 0 Å². The number of methoxy groups -OCH3 is 1. The minimum absolute atomic E-state index is 0.159. The van der Waals surface area contributed by atoms with Gasteiger partial charge < -0.3 is 14.9 Å². The Kier molecular flexibility index (Phi) is 3.62. The second kappa shape index (κ2) is 5.73. The minimum atomic E-state index is -0.448. The van der Waals surface area contributed by atoms with Crippen LogP contribution in [0.2, 0.25) is 0 Å². The molecule has 1 heterocycles. The second-order valence-electron chi connectivity index (χ2n) is 4.65. The number of rotatable bonds is 2. The summed E-state index contributed by atoms with van der Waals surface area (Å²) in [4.78, 5) is 16.3. The van der Waals surface area contributed by atoms with Gasteiger partial charge in [-0.05, 0) is 24.3 Å². The second-order valence-corrected chi connectivity index (χ2v) is 4.65. The molecule has 0 atom stereocenters. The van der Waals surface area contributed by atoms with Gasteiger partial charge in [-0.2, -0.15) is 4.99 Å². The maximum Gasteiger partial charge on any atom is 0.284 e. The highest BCUT2D eigenvalue weighted by Gasteiger charge is 2.10. The van der Waals surface area contributed by atoms with E-state index in [0.717, 1.165) is 5.39 Å². The van der Waals surface area contributed by atoms with Crippen LogP contribution < -0.4 is 16.0 Å². The van der Waals surface area contributed by atoms with Gasteiger partial charge in [-0.15, -0.1) is 0 Å². The van der Waals surface area contributed by atoms with E-state index >= 15 is 0 Å². The van der Waals surface area contributed by atoms with Crippen LogP contribution in [0.1, 0.15) is 10.4 Å². The van der Waals surface area contributed by atoms with E-state index in [1.165, 1.54) is 13.2 Å². The smallest absolute Gasteiger partial charge is 0.284 e. The third-order valence-electron chi connectivity index (χ3n) is 3.24. The number of nitrogens with two attached hydrogens (primary N) is 1. The van der Waals surface area contributed by atoms with Gasteiger partial charge in [0.05, 0.1) is 12.7 Å². The molecule has 0 spiro atoms. The van der Waals surface area contributed by atoms with Gasteiger partial charge in [0.1, 0.15) is 11.3 Å². The van der Waals surface area contributed by atoms with Crippen LogP contribution in [-0.2, 0) is 0 Å². The van der Waals surface area contributed by atoms with Gasteiger partial charge in [0, 0.05) is 17.1 Å². The van der Waals surface area contributed by atoms with Gasteiger partial charge in [0.25, 0.3) is 5.91 Å². The summed E-state index contributed by atoms with van der Waals surface area (Å²) in [5.74, 6) is 0.0147. The Balaban J connectivity index is 2.10. The van der Waals surface area contributed by atoms with Crippen LogP contribution in [0.5, 0.6) is 5.75 Å². The molecule has 0 saturated carbocycles. The summed E-state index contributed by atoms with van der Waals surface area (Å²) in [6.07, 6.45) is 0. The number of carbonyl (C=O) groups is 1. The number of carbonyl (C=O) groups excluding carboxylic acids is 1. The summed E-state index contributed by atoms with van der Waals surface area (Å²) in [5.41, 5.74) is 7.58. The molecule has 0 radical (unpaired) electrons. The van der Waals surface area contributed by atoms with Gasteiger partial charge in [0.15, 0.2) is 0 Å². The summed E-state index contributed by atoms with van der Waals surface area (Å²) in [5, 5.41) is 0.784. The number of nitrogen functional groups attached to an aromatic ring is 1. The lowest BCUT2D eigenvalue weighted by Gasteiger charge is -2.04. The van der Waals surface area contributed by atoms with Gasteiger partial charge in [0.2, 0.25) is 5.55 Å². The molecule has 1 aromatic heterocycles. The van der Waals surface area contributed by atoms with Crippen molar-refractivity contribution in [3.63, 3.8) is 0 Å². The number of anilines is 1. The van der Waals surface area contributed by atoms with E-state index in [2.05, 4.69) is 4.99 Å². The van der Waals surface area contributed by atoms with Crippen LogP contribution in [0.4, 0.5) is 5.69 Å². The molecule has 3 aromatic rings. The molecular weight excluding hydrogens is 280 g/mol. The number of amides is 1. The molecule has 0 saturated heterocycles. The lowest BCUT2D eigenvalue weighted by atomic mass is 10.2. The number of hydrogen-bond donors (Lipinski definition) is 1. The van der Waals surface area contributed by atoms with Crippen molar-refractivity contribution in [3.05, 3.63) is 65.7 Å². The maximum atomic E-state index is 12.3. The lowest BCUT2D eigenvalue weighted by molar-refractivity contribution is 0.0992. The highest BCUT2D eigenvalue weighted by molar-refractivity contribution is 5.97. The number of fused-ring (bicyclic) bond motifs is 1. The number of benzene rings is 2. The zero-order valence-corrected chi connectivity index (χ0v) is 11.9. The van der Waals surface area contributed by atoms with Gasteiger partial charge in [-0.1, -0.05) is 24.3 Å². The molecule has 3 rings (SSSR count). The first-order valence-corrected chi connectivity index (χ1v) is 6.69. The molecule has 0 aliphatic carbocycles. The topological polar surface area (TPSA) is 77.8 Å². The Hall–Kier alpha value is -3.08. The Labute approximate surface area is 126 Å². The van der Waals surface area contributed by atoms with Crippen molar-refractivity contribution in [2.24, 2.45) is 4.99 Å². The minimum Gasteiger partial charge on any atom is -0.496 e. The van der Waals surface area contributed by atoms with E-state index in [1.54, 1.807) is 30.3 Å². The van der Waals surface area contributed by atoms with Crippen molar-refractivity contribution >= 4 is 22.6 Å². The highest BCUT2D eigenvalue weighted by atomic mass is 16.5. The van der Waals surface area contributed by atoms with Gasteiger partial charge >= 0.3 is 0 Å². The molecule has 0 fully saturated rings. The van der Waals surface area contributed by atoms with Gasteiger partial charge in [-0.25, -0.2) is 0 Å². The SMILES string of the molecule is COc1ccccc1C(=O)N=c1cc(N)c2ccccc2o1. The Bertz CT molecular complexity index is 913. The number of hydrogen-bond acceptors (Lipinski definition) is 4. The summed E-state index contributed by atoms with van der Waals surface area (Å²) >= 11 is 0. The highest BCUT2D eigenvalue weighted by Crippen LogP contribution is 2.19. The molecule has 110 valence electrons. The third-order valence-corrected chi connectivity index (χ3v) is 3.24. The normalized spacial score (nSPS) is 11.6. The van der Waals surface area contributed by atoms with Crippen molar-refractivity contribution < 1.29 is 13.9 Å². The molecule has 2 aromatic carbocycles. The monoisotopic (exact) mass is 294 g/mol. The first-order chi connectivity index (χ1) is 10.7. The quantitative estimate of drug-likeness (QED) is 0.788. The molecule has 5 nitrogen and oxygen atoms in total. The van der Waals surface area contributed by atoms with Crippen LogP contribution in [0.15, 0.2) is 64.0 Å². The molecule has 22 heavy (non-hydrogen) atoms. The zero-order chi connectivity index (χ0) is 15.5. The fraction of sp³-hybridized carbons (Fsp3) is 0.0588. The number of nitrogens with zero attached hydrogens (tertiary/aromatic N) is 1. The van der Waals surface area contributed by atoms with Crippen LogP contribution in [0.25, 0.3) is 11.0 Å². The molecular formula is C17H14N2O3. The Morgan fingerprint density at radius 2 is 1.86 bits per heavy atom. The number of ether oxygens (including phenoxy) is 1. The van der Waals surface area contributed by atoms with Crippen molar-refractivity contribution in [3.8, 4) is 5.75 Å². The summed E-state index contributed by atoms with van der Waals surface area (Å²) in [6, 6.07) is 15.7. The average Bonchev–Trinajstić information content (AvgIpc) is 2.55. The fourth-order valence-corrected chi connectivity index (χ4v) is 2.18. The van der Waals surface area contributed by atoms with Crippen LogP contribution in [0.3, 0.4) is 0 Å². The van der Waals surface area contributed by atoms with Crippen LogP contribution in [-0.4, -0.2) is 13.0 Å². The molecule has 5 heteroatoms. The summed E-state index contributed by atoms with van der Waals surface area (Å²) < 4.78 is 10.8. The Morgan fingerprint density at radius 3 is 2.68 bits per heavy atom.